The molecule has 9 nitrogen and oxygen atoms in total. The monoisotopic (exact) mass is 335 g/mol. The number of rotatable bonds is 2. The highest BCUT2D eigenvalue weighted by Crippen LogP contribution is 2.16. The second kappa shape index (κ2) is 6.23. The SMILES string of the molecule is Cc1[nH]c(=O)[nH]c(=O)c1CC(=O)N1CCN2CCN(C)C(=O)[C@H]2C1. The van der Waals surface area contributed by atoms with Gasteiger partial charge in [0.25, 0.3) is 5.56 Å². The molecule has 130 valence electrons. The van der Waals surface area contributed by atoms with Crippen molar-refractivity contribution in [2.45, 2.75) is 19.4 Å². The number of nitrogens with one attached hydrogen (secondary N) is 2. The Kier molecular flexibility index (Phi) is 4.27. The maximum Gasteiger partial charge on any atom is 0.325 e. The Morgan fingerprint density at radius 1 is 1.12 bits per heavy atom. The molecule has 0 unspecified atom stereocenters. The molecule has 3 heterocycles. The molecule has 24 heavy (non-hydrogen) atoms. The van der Waals surface area contributed by atoms with E-state index in [1.54, 1.807) is 23.8 Å². The Hall–Kier alpha value is -2.42. The summed E-state index contributed by atoms with van der Waals surface area (Å²) in [4.78, 5) is 58.0. The van der Waals surface area contributed by atoms with Gasteiger partial charge < -0.3 is 14.8 Å². The van der Waals surface area contributed by atoms with Gasteiger partial charge in [-0.1, -0.05) is 0 Å². The number of nitrogens with zero attached hydrogens (tertiary/aromatic N) is 3. The first kappa shape index (κ1) is 16.4. The zero-order valence-electron chi connectivity index (χ0n) is 13.8. The maximum atomic E-state index is 12.6. The van der Waals surface area contributed by atoms with Gasteiger partial charge in [-0.15, -0.1) is 0 Å². The molecule has 1 aromatic heterocycles. The van der Waals surface area contributed by atoms with Crippen LogP contribution >= 0.6 is 0 Å². The number of aryl methyl sites for hydroxylation is 1. The van der Waals surface area contributed by atoms with E-state index in [9.17, 15) is 19.2 Å². The Morgan fingerprint density at radius 3 is 2.54 bits per heavy atom. The Bertz CT molecular complexity index is 783. The number of aromatic amines is 2. The molecule has 2 amide bonds. The number of hydrogen-bond donors (Lipinski definition) is 2. The lowest BCUT2D eigenvalue weighted by Crippen LogP contribution is -2.64. The summed E-state index contributed by atoms with van der Waals surface area (Å²) in [6, 6.07) is -0.309. The number of aromatic nitrogens is 2. The predicted octanol–water partition coefficient (Wildman–Crippen LogP) is -2.10. The summed E-state index contributed by atoms with van der Waals surface area (Å²) in [7, 11) is 1.77. The fourth-order valence-electron chi connectivity index (χ4n) is 3.29. The predicted molar refractivity (Wildman–Crippen MR) is 85.7 cm³/mol. The minimum atomic E-state index is -0.585. The van der Waals surface area contributed by atoms with Crippen molar-refractivity contribution >= 4 is 11.8 Å². The van der Waals surface area contributed by atoms with Crippen LogP contribution in [0, 0.1) is 6.92 Å². The summed E-state index contributed by atoms with van der Waals surface area (Å²) in [6.07, 6.45) is -0.0886. The minimum absolute atomic E-state index is 0.0248. The van der Waals surface area contributed by atoms with Crippen LogP contribution in [0.4, 0.5) is 0 Å². The molecule has 2 aliphatic rings. The number of carbonyl (C=O) groups excluding carboxylic acids is 2. The normalized spacial score (nSPS) is 21.8. The summed E-state index contributed by atoms with van der Waals surface area (Å²) in [5.74, 6) is -0.187. The van der Waals surface area contributed by atoms with Gasteiger partial charge in [0.05, 0.1) is 6.42 Å². The number of H-pyrrole nitrogens is 2. The van der Waals surface area contributed by atoms with E-state index >= 15 is 0 Å². The number of carbonyl (C=O) groups is 2. The number of hydrogen-bond acceptors (Lipinski definition) is 5. The molecule has 0 spiro atoms. The van der Waals surface area contributed by atoms with E-state index in [0.717, 1.165) is 6.54 Å². The molecule has 0 bridgehead atoms. The fraction of sp³-hybridized carbons (Fsp3) is 0.600. The highest BCUT2D eigenvalue weighted by atomic mass is 16.2. The Balaban J connectivity index is 1.74. The van der Waals surface area contributed by atoms with Crippen LogP contribution < -0.4 is 11.2 Å². The Labute approximate surface area is 138 Å². The van der Waals surface area contributed by atoms with Crippen LogP contribution in [0.3, 0.4) is 0 Å². The molecule has 1 atom stereocenters. The summed E-state index contributed by atoms with van der Waals surface area (Å²) in [6.45, 7) is 4.63. The van der Waals surface area contributed by atoms with Crippen molar-refractivity contribution in [3.63, 3.8) is 0 Å². The van der Waals surface area contributed by atoms with Crippen LogP contribution in [0.15, 0.2) is 9.59 Å². The van der Waals surface area contributed by atoms with Gasteiger partial charge in [-0.2, -0.15) is 0 Å². The van der Waals surface area contributed by atoms with E-state index < -0.39 is 11.2 Å². The third kappa shape index (κ3) is 2.99. The first-order chi connectivity index (χ1) is 11.4. The average Bonchev–Trinajstić information content (AvgIpc) is 2.54. The van der Waals surface area contributed by atoms with Crippen molar-refractivity contribution in [1.82, 2.24) is 24.7 Å². The first-order valence-corrected chi connectivity index (χ1v) is 7.95. The standard InChI is InChI=1S/C15H21N5O4/c1-9-10(13(22)17-15(24)16-9)7-12(21)20-6-5-19-4-3-18(2)14(23)11(19)8-20/h11H,3-8H2,1-2H3,(H2,16,17,22,24)/t11-/m1/s1. The van der Waals surface area contributed by atoms with Crippen molar-refractivity contribution in [3.8, 4) is 0 Å². The van der Waals surface area contributed by atoms with Crippen LogP contribution in [0.2, 0.25) is 0 Å². The van der Waals surface area contributed by atoms with Crippen LogP contribution in [0.25, 0.3) is 0 Å². The maximum absolute atomic E-state index is 12.6. The van der Waals surface area contributed by atoms with Crippen molar-refractivity contribution in [3.05, 3.63) is 32.1 Å². The number of piperazine rings is 2. The number of amides is 2. The third-order valence-electron chi connectivity index (χ3n) is 4.81. The van der Waals surface area contributed by atoms with Gasteiger partial charge in [0, 0.05) is 51.0 Å². The van der Waals surface area contributed by atoms with E-state index in [0.29, 0.717) is 31.9 Å². The molecule has 0 aromatic carbocycles. The van der Waals surface area contributed by atoms with E-state index in [1.807, 2.05) is 0 Å². The molecule has 9 heteroatoms. The minimum Gasteiger partial charge on any atom is -0.343 e. The molecular formula is C15H21N5O4. The summed E-state index contributed by atoms with van der Waals surface area (Å²) in [5.41, 5.74) is -0.479. The highest BCUT2D eigenvalue weighted by Gasteiger charge is 2.38. The first-order valence-electron chi connectivity index (χ1n) is 7.95. The van der Waals surface area contributed by atoms with Crippen molar-refractivity contribution in [1.29, 1.82) is 0 Å². The van der Waals surface area contributed by atoms with Gasteiger partial charge in [-0.05, 0) is 6.92 Å². The molecule has 2 aliphatic heterocycles. The summed E-state index contributed by atoms with van der Waals surface area (Å²) < 4.78 is 0. The van der Waals surface area contributed by atoms with Crippen molar-refractivity contribution in [2.24, 2.45) is 0 Å². The van der Waals surface area contributed by atoms with E-state index in [2.05, 4.69) is 14.9 Å². The second-order valence-corrected chi connectivity index (χ2v) is 6.34. The van der Waals surface area contributed by atoms with E-state index in [-0.39, 0.29) is 29.8 Å². The molecule has 1 aromatic rings. The average molecular weight is 335 g/mol. The largest absolute Gasteiger partial charge is 0.343 e. The van der Waals surface area contributed by atoms with Gasteiger partial charge in [-0.3, -0.25) is 24.3 Å². The zero-order valence-corrected chi connectivity index (χ0v) is 13.8. The van der Waals surface area contributed by atoms with Crippen LogP contribution in [-0.4, -0.2) is 82.3 Å². The quantitative estimate of drug-likeness (QED) is 0.643. The molecule has 2 saturated heterocycles. The molecule has 3 rings (SSSR count). The Morgan fingerprint density at radius 2 is 1.83 bits per heavy atom. The summed E-state index contributed by atoms with van der Waals surface area (Å²) in [5, 5.41) is 0. The summed E-state index contributed by atoms with van der Waals surface area (Å²) >= 11 is 0. The van der Waals surface area contributed by atoms with Crippen LogP contribution in [0.5, 0.6) is 0 Å². The topological polar surface area (TPSA) is 110 Å². The van der Waals surface area contributed by atoms with Gasteiger partial charge in [-0.25, -0.2) is 4.79 Å². The van der Waals surface area contributed by atoms with Gasteiger partial charge >= 0.3 is 5.69 Å². The van der Waals surface area contributed by atoms with E-state index in [4.69, 9.17) is 0 Å². The fourth-order valence-corrected chi connectivity index (χ4v) is 3.29. The van der Waals surface area contributed by atoms with Crippen LogP contribution in [-0.2, 0) is 16.0 Å². The van der Waals surface area contributed by atoms with Crippen LogP contribution in [0.1, 0.15) is 11.3 Å². The van der Waals surface area contributed by atoms with Crippen molar-refractivity contribution < 1.29 is 9.59 Å². The molecule has 0 aliphatic carbocycles. The smallest absolute Gasteiger partial charge is 0.325 e. The molecule has 0 saturated carbocycles. The number of fused-ring (bicyclic) bond motifs is 1. The second-order valence-electron chi connectivity index (χ2n) is 6.34. The van der Waals surface area contributed by atoms with E-state index in [1.165, 1.54) is 0 Å². The van der Waals surface area contributed by atoms with Gasteiger partial charge in [0.15, 0.2) is 0 Å². The lowest BCUT2D eigenvalue weighted by atomic mass is 10.1. The molecular weight excluding hydrogens is 314 g/mol. The lowest BCUT2D eigenvalue weighted by molar-refractivity contribution is -0.147. The van der Waals surface area contributed by atoms with Crippen molar-refractivity contribution in [2.75, 3.05) is 39.8 Å². The number of likely N-dealkylation sites (N-methyl/N-ethyl adjacent to an activating group) is 1. The molecule has 2 fully saturated rings. The van der Waals surface area contributed by atoms with Gasteiger partial charge in [0.2, 0.25) is 11.8 Å². The third-order valence-corrected chi connectivity index (χ3v) is 4.81. The highest BCUT2D eigenvalue weighted by molar-refractivity contribution is 5.85. The van der Waals surface area contributed by atoms with Gasteiger partial charge in [0.1, 0.15) is 6.04 Å². The molecule has 2 N–H and O–H groups in total. The molecule has 0 radical (unpaired) electrons. The lowest BCUT2D eigenvalue weighted by Gasteiger charge is -2.45. The zero-order chi connectivity index (χ0) is 17.4.